The summed E-state index contributed by atoms with van der Waals surface area (Å²) in [5.41, 5.74) is 1.76. The van der Waals surface area contributed by atoms with Gasteiger partial charge in [0.1, 0.15) is 11.0 Å². The van der Waals surface area contributed by atoms with Gasteiger partial charge in [0.15, 0.2) is 0 Å². The third kappa shape index (κ3) is 3.46. The number of aromatic nitrogens is 2. The second-order valence-corrected chi connectivity index (χ2v) is 5.98. The molecule has 1 amide bonds. The highest BCUT2D eigenvalue weighted by Gasteiger charge is 2.15. The van der Waals surface area contributed by atoms with E-state index in [4.69, 9.17) is 11.6 Å². The second-order valence-electron chi connectivity index (χ2n) is 4.39. The van der Waals surface area contributed by atoms with Crippen LogP contribution in [-0.4, -0.2) is 22.1 Å². The van der Waals surface area contributed by atoms with Crippen LogP contribution in [0.4, 0.5) is 10.8 Å². The lowest BCUT2D eigenvalue weighted by Crippen LogP contribution is -2.32. The van der Waals surface area contributed by atoms with E-state index < -0.39 is 6.04 Å². The first kappa shape index (κ1) is 14.7. The van der Waals surface area contributed by atoms with E-state index in [1.165, 1.54) is 11.3 Å². The van der Waals surface area contributed by atoms with E-state index in [-0.39, 0.29) is 5.91 Å². The van der Waals surface area contributed by atoms with Crippen molar-refractivity contribution >= 4 is 39.7 Å². The molecular weight excluding hydrogens is 296 g/mol. The molecule has 0 radical (unpaired) electrons. The Kier molecular flexibility index (Phi) is 4.57. The lowest BCUT2D eigenvalue weighted by molar-refractivity contribution is -0.116. The molecule has 1 aromatic carbocycles. The average Bonchev–Trinajstić information content (AvgIpc) is 2.80. The first-order chi connectivity index (χ1) is 9.47. The molecule has 2 rings (SSSR count). The number of amides is 1. The number of halogens is 1. The number of carbonyl (C=O) groups excluding carboxylic acids is 1. The van der Waals surface area contributed by atoms with Gasteiger partial charge in [0.25, 0.3) is 0 Å². The molecule has 20 heavy (non-hydrogen) atoms. The highest BCUT2D eigenvalue weighted by atomic mass is 35.5. The van der Waals surface area contributed by atoms with E-state index in [0.29, 0.717) is 10.2 Å². The molecule has 1 atom stereocenters. The molecule has 0 aliphatic rings. The molecule has 0 saturated heterocycles. The van der Waals surface area contributed by atoms with Gasteiger partial charge < -0.3 is 5.32 Å². The standard InChI is InChI=1S/C13H15ClN4OS/c1-7-10(14)5-4-6-11(7)15-8(2)12(19)16-13-18-17-9(3)20-13/h4-6,8,15H,1-3H3,(H,16,18,19)/t8-/m1/s1. The maximum absolute atomic E-state index is 12.1. The summed E-state index contributed by atoms with van der Waals surface area (Å²) in [7, 11) is 0. The minimum absolute atomic E-state index is 0.166. The number of hydrogen-bond acceptors (Lipinski definition) is 5. The van der Waals surface area contributed by atoms with E-state index in [1.807, 2.05) is 32.0 Å². The molecule has 0 saturated carbocycles. The van der Waals surface area contributed by atoms with Crippen molar-refractivity contribution in [2.24, 2.45) is 0 Å². The zero-order valence-electron chi connectivity index (χ0n) is 11.4. The number of benzene rings is 1. The molecule has 0 spiro atoms. The van der Waals surface area contributed by atoms with Gasteiger partial charge in [-0.3, -0.25) is 10.1 Å². The van der Waals surface area contributed by atoms with E-state index in [0.717, 1.165) is 16.3 Å². The number of nitrogens with one attached hydrogen (secondary N) is 2. The van der Waals surface area contributed by atoms with Crippen molar-refractivity contribution < 1.29 is 4.79 Å². The Balaban J connectivity index is 2.02. The van der Waals surface area contributed by atoms with Crippen molar-refractivity contribution in [3.63, 3.8) is 0 Å². The molecule has 0 aliphatic heterocycles. The van der Waals surface area contributed by atoms with Gasteiger partial charge in [-0.05, 0) is 38.5 Å². The summed E-state index contributed by atoms with van der Waals surface area (Å²) >= 11 is 7.39. The van der Waals surface area contributed by atoms with Crippen molar-refractivity contribution in [1.29, 1.82) is 0 Å². The zero-order valence-corrected chi connectivity index (χ0v) is 13.0. The maximum Gasteiger partial charge on any atom is 0.248 e. The Labute approximate surface area is 126 Å². The third-order valence-corrected chi connectivity index (χ3v) is 3.95. The minimum atomic E-state index is -0.406. The van der Waals surface area contributed by atoms with Crippen LogP contribution in [0.1, 0.15) is 17.5 Å². The Bertz CT molecular complexity index is 629. The quantitative estimate of drug-likeness (QED) is 0.909. The summed E-state index contributed by atoms with van der Waals surface area (Å²) in [6, 6.07) is 5.14. The summed E-state index contributed by atoms with van der Waals surface area (Å²) < 4.78 is 0. The van der Waals surface area contributed by atoms with Crippen LogP contribution in [-0.2, 0) is 4.79 Å². The van der Waals surface area contributed by atoms with E-state index in [2.05, 4.69) is 20.8 Å². The molecule has 5 nitrogen and oxygen atoms in total. The number of aryl methyl sites for hydroxylation is 1. The van der Waals surface area contributed by atoms with Gasteiger partial charge >= 0.3 is 0 Å². The van der Waals surface area contributed by atoms with Crippen LogP contribution in [0.3, 0.4) is 0 Å². The normalized spacial score (nSPS) is 12.0. The second kappa shape index (κ2) is 6.19. The molecule has 2 N–H and O–H groups in total. The molecule has 2 aromatic rings. The minimum Gasteiger partial charge on any atom is -0.374 e. The zero-order chi connectivity index (χ0) is 14.7. The molecule has 0 aliphatic carbocycles. The lowest BCUT2D eigenvalue weighted by atomic mass is 10.2. The maximum atomic E-state index is 12.1. The van der Waals surface area contributed by atoms with Crippen LogP contribution in [0, 0.1) is 13.8 Å². The molecule has 1 aromatic heterocycles. The number of nitrogens with zero attached hydrogens (tertiary/aromatic N) is 2. The number of anilines is 2. The highest BCUT2D eigenvalue weighted by molar-refractivity contribution is 7.15. The van der Waals surface area contributed by atoms with Gasteiger partial charge in [0, 0.05) is 10.7 Å². The van der Waals surface area contributed by atoms with E-state index >= 15 is 0 Å². The van der Waals surface area contributed by atoms with Crippen molar-refractivity contribution in [2.75, 3.05) is 10.6 Å². The summed E-state index contributed by atoms with van der Waals surface area (Å²) in [4.78, 5) is 12.1. The summed E-state index contributed by atoms with van der Waals surface area (Å²) in [5, 5.41) is 15.6. The number of rotatable bonds is 4. The van der Waals surface area contributed by atoms with E-state index in [9.17, 15) is 4.79 Å². The smallest absolute Gasteiger partial charge is 0.248 e. The van der Waals surface area contributed by atoms with Gasteiger partial charge in [0.05, 0.1) is 0 Å². The fraction of sp³-hybridized carbons (Fsp3) is 0.308. The Morgan fingerprint density at radius 2 is 2.10 bits per heavy atom. The summed E-state index contributed by atoms with van der Waals surface area (Å²) in [6.45, 7) is 5.53. The Morgan fingerprint density at radius 3 is 2.75 bits per heavy atom. The first-order valence-corrected chi connectivity index (χ1v) is 7.29. The van der Waals surface area contributed by atoms with Crippen LogP contribution in [0.25, 0.3) is 0 Å². The van der Waals surface area contributed by atoms with Crippen LogP contribution in [0.2, 0.25) is 5.02 Å². The topological polar surface area (TPSA) is 66.9 Å². The summed E-state index contributed by atoms with van der Waals surface area (Å²) in [5.74, 6) is -0.166. The van der Waals surface area contributed by atoms with Crippen molar-refractivity contribution in [2.45, 2.75) is 26.8 Å². The monoisotopic (exact) mass is 310 g/mol. The van der Waals surface area contributed by atoms with Gasteiger partial charge in [-0.15, -0.1) is 10.2 Å². The van der Waals surface area contributed by atoms with Gasteiger partial charge in [-0.1, -0.05) is 29.0 Å². The molecule has 7 heteroatoms. The molecular formula is C13H15ClN4OS. The van der Waals surface area contributed by atoms with E-state index in [1.54, 1.807) is 6.92 Å². The first-order valence-electron chi connectivity index (χ1n) is 6.10. The SMILES string of the molecule is Cc1nnc(NC(=O)[C@@H](C)Nc2cccc(Cl)c2C)s1. The fourth-order valence-corrected chi connectivity index (χ4v) is 2.39. The molecule has 0 unspecified atom stereocenters. The Morgan fingerprint density at radius 1 is 1.35 bits per heavy atom. The molecule has 106 valence electrons. The predicted molar refractivity (Wildman–Crippen MR) is 82.5 cm³/mol. The van der Waals surface area contributed by atoms with Crippen molar-refractivity contribution in [3.05, 3.63) is 33.8 Å². The Hall–Kier alpha value is -1.66. The van der Waals surface area contributed by atoms with Crippen molar-refractivity contribution in [1.82, 2.24) is 10.2 Å². The fourth-order valence-electron chi connectivity index (χ4n) is 1.62. The predicted octanol–water partition coefficient (Wildman–Crippen LogP) is 3.25. The van der Waals surface area contributed by atoms with Crippen LogP contribution >= 0.6 is 22.9 Å². The molecule has 0 bridgehead atoms. The number of carbonyl (C=O) groups is 1. The van der Waals surface area contributed by atoms with Gasteiger partial charge in [0.2, 0.25) is 11.0 Å². The van der Waals surface area contributed by atoms with Crippen LogP contribution < -0.4 is 10.6 Å². The van der Waals surface area contributed by atoms with Gasteiger partial charge in [-0.25, -0.2) is 0 Å². The van der Waals surface area contributed by atoms with Crippen LogP contribution in [0.15, 0.2) is 18.2 Å². The van der Waals surface area contributed by atoms with Crippen LogP contribution in [0.5, 0.6) is 0 Å². The number of hydrogen-bond donors (Lipinski definition) is 2. The lowest BCUT2D eigenvalue weighted by Gasteiger charge is -2.16. The van der Waals surface area contributed by atoms with Crippen molar-refractivity contribution in [3.8, 4) is 0 Å². The molecule has 1 heterocycles. The highest BCUT2D eigenvalue weighted by Crippen LogP contribution is 2.23. The molecule has 0 fully saturated rings. The third-order valence-electron chi connectivity index (χ3n) is 2.79. The average molecular weight is 311 g/mol. The van der Waals surface area contributed by atoms with Gasteiger partial charge in [-0.2, -0.15) is 0 Å². The summed E-state index contributed by atoms with van der Waals surface area (Å²) in [6.07, 6.45) is 0. The largest absolute Gasteiger partial charge is 0.374 e.